The molecule has 0 aliphatic heterocycles. The van der Waals surface area contributed by atoms with E-state index in [1.165, 1.54) is 25.3 Å². The van der Waals surface area contributed by atoms with E-state index in [-0.39, 0.29) is 16.2 Å². The summed E-state index contributed by atoms with van der Waals surface area (Å²) in [4.78, 5) is -0.239. The smallest absolute Gasteiger partial charge is 0.295 e. The van der Waals surface area contributed by atoms with Gasteiger partial charge in [0.05, 0.1) is 7.11 Å². The monoisotopic (exact) mass is 240 g/mol. The van der Waals surface area contributed by atoms with Crippen molar-refractivity contribution in [1.82, 2.24) is 0 Å². The Balaban J connectivity index is 3.63. The summed E-state index contributed by atoms with van der Waals surface area (Å²) in [7, 11) is -2.97. The van der Waals surface area contributed by atoms with Crippen molar-refractivity contribution < 1.29 is 17.7 Å². The molecule has 1 aromatic rings. The number of methoxy groups -OCH3 is 1. The van der Waals surface area contributed by atoms with Crippen molar-refractivity contribution in [3.8, 4) is 0 Å². The molecule has 4 nitrogen and oxygen atoms in total. The molecule has 0 saturated heterocycles. The number of hydrogen-bond donors (Lipinski definition) is 1. The van der Waals surface area contributed by atoms with Crippen LogP contribution in [-0.2, 0) is 14.9 Å². The predicted molar refractivity (Wildman–Crippen MR) is 62.4 cm³/mol. The van der Waals surface area contributed by atoms with Crippen molar-refractivity contribution >= 4 is 22.0 Å². The number of rotatable bonds is 4. The summed E-state index contributed by atoms with van der Waals surface area (Å²) in [6, 6.07) is 4.66. The third kappa shape index (κ3) is 2.32. The van der Waals surface area contributed by atoms with E-state index in [0.29, 0.717) is 5.56 Å². The van der Waals surface area contributed by atoms with Gasteiger partial charge in [-0.1, -0.05) is 31.4 Å². The molecule has 0 spiro atoms. The van der Waals surface area contributed by atoms with Gasteiger partial charge in [-0.05, 0) is 11.6 Å². The summed E-state index contributed by atoms with van der Waals surface area (Å²) in [5, 5.41) is 0. The zero-order valence-electron chi connectivity index (χ0n) is 8.80. The average molecular weight is 240 g/mol. The predicted octanol–water partition coefficient (Wildman–Crippen LogP) is 2.19. The van der Waals surface area contributed by atoms with Gasteiger partial charge in [-0.2, -0.15) is 8.42 Å². The molecule has 0 aliphatic rings. The van der Waals surface area contributed by atoms with Crippen LogP contribution >= 0.6 is 0 Å². The first-order chi connectivity index (χ1) is 7.41. The van der Waals surface area contributed by atoms with Gasteiger partial charge >= 0.3 is 0 Å². The quantitative estimate of drug-likeness (QED) is 0.647. The zero-order valence-corrected chi connectivity index (χ0v) is 9.62. The zero-order chi connectivity index (χ0) is 12.3. The second-order valence-electron chi connectivity index (χ2n) is 3.03. The van der Waals surface area contributed by atoms with Gasteiger partial charge in [0.2, 0.25) is 0 Å². The van der Waals surface area contributed by atoms with E-state index in [0.717, 1.165) is 0 Å². The Morgan fingerprint density at radius 2 is 2.12 bits per heavy atom. The minimum absolute atomic E-state index is 0.163. The molecule has 0 aliphatic carbocycles. The third-order valence-corrected chi connectivity index (χ3v) is 3.04. The average Bonchev–Trinajstić information content (AvgIpc) is 2.25. The highest BCUT2D eigenvalue weighted by molar-refractivity contribution is 7.86. The van der Waals surface area contributed by atoms with Crippen LogP contribution in [0.4, 0.5) is 0 Å². The maximum absolute atomic E-state index is 11.3. The first-order valence-electron chi connectivity index (χ1n) is 4.38. The fourth-order valence-corrected chi connectivity index (χ4v) is 2.24. The van der Waals surface area contributed by atoms with Gasteiger partial charge in [0.25, 0.3) is 10.1 Å². The molecule has 0 radical (unpaired) electrons. The Labute approximate surface area is 94.6 Å². The van der Waals surface area contributed by atoms with Crippen molar-refractivity contribution in [3.05, 3.63) is 42.5 Å². The van der Waals surface area contributed by atoms with Crippen LogP contribution < -0.4 is 0 Å². The van der Waals surface area contributed by atoms with Crippen LogP contribution in [0.2, 0.25) is 0 Å². The second-order valence-corrected chi connectivity index (χ2v) is 4.39. The second kappa shape index (κ2) is 4.51. The van der Waals surface area contributed by atoms with E-state index in [4.69, 9.17) is 9.29 Å². The minimum Gasteiger partial charge on any atom is -0.497 e. The molecule has 0 saturated carbocycles. The van der Waals surface area contributed by atoms with Crippen LogP contribution in [0.3, 0.4) is 0 Å². The number of hydrogen-bond acceptors (Lipinski definition) is 3. The maximum atomic E-state index is 11.3. The van der Waals surface area contributed by atoms with E-state index in [1.54, 1.807) is 6.07 Å². The molecule has 1 rings (SSSR count). The maximum Gasteiger partial charge on any atom is 0.295 e. The first kappa shape index (κ1) is 12.5. The van der Waals surface area contributed by atoms with Gasteiger partial charge in [-0.15, -0.1) is 0 Å². The van der Waals surface area contributed by atoms with E-state index in [2.05, 4.69) is 13.2 Å². The van der Waals surface area contributed by atoms with Gasteiger partial charge in [0, 0.05) is 5.56 Å². The lowest BCUT2D eigenvalue weighted by molar-refractivity contribution is 0.369. The van der Waals surface area contributed by atoms with Crippen molar-refractivity contribution in [2.24, 2.45) is 0 Å². The summed E-state index contributed by atoms with van der Waals surface area (Å²) < 4.78 is 36.6. The molecule has 0 fully saturated rings. The van der Waals surface area contributed by atoms with Gasteiger partial charge < -0.3 is 4.74 Å². The first-order valence-corrected chi connectivity index (χ1v) is 5.82. The molecule has 0 aromatic heterocycles. The highest BCUT2D eigenvalue weighted by Gasteiger charge is 2.20. The van der Waals surface area contributed by atoms with Crippen LogP contribution in [0.15, 0.2) is 36.3 Å². The highest BCUT2D eigenvalue weighted by Crippen LogP contribution is 2.26. The number of ether oxygens (including phenoxy) is 1. The lowest BCUT2D eigenvalue weighted by Crippen LogP contribution is -2.05. The standard InChI is InChI=1S/C11H12O4S/c1-4-9-6-5-7-10(8(2)15-3)11(9)16(12,13)14/h4-7H,1-2H2,3H3,(H,12,13,14). The van der Waals surface area contributed by atoms with Crippen LogP contribution in [0.5, 0.6) is 0 Å². The van der Waals surface area contributed by atoms with Crippen molar-refractivity contribution in [2.75, 3.05) is 7.11 Å². The fourth-order valence-electron chi connectivity index (χ4n) is 1.33. The molecule has 0 atom stereocenters. The Morgan fingerprint density at radius 3 is 2.56 bits per heavy atom. The van der Waals surface area contributed by atoms with Crippen LogP contribution in [0, 0.1) is 0 Å². The molecule has 0 unspecified atom stereocenters. The summed E-state index contributed by atoms with van der Waals surface area (Å²) in [5.74, 6) is 0.163. The Bertz CT molecular complexity index is 529. The van der Waals surface area contributed by atoms with Crippen LogP contribution in [-0.4, -0.2) is 20.1 Å². The van der Waals surface area contributed by atoms with Crippen molar-refractivity contribution in [3.63, 3.8) is 0 Å². The molecule has 0 amide bonds. The van der Waals surface area contributed by atoms with Gasteiger partial charge in [-0.3, -0.25) is 4.55 Å². The molecular weight excluding hydrogens is 228 g/mol. The summed E-state index contributed by atoms with van der Waals surface area (Å²) in [5.41, 5.74) is 0.528. The molecule has 86 valence electrons. The molecule has 5 heteroatoms. The lowest BCUT2D eigenvalue weighted by Gasteiger charge is -2.11. The SMILES string of the molecule is C=Cc1cccc(C(=C)OC)c1S(=O)(=O)O. The van der Waals surface area contributed by atoms with Crippen molar-refractivity contribution in [1.29, 1.82) is 0 Å². The van der Waals surface area contributed by atoms with Crippen LogP contribution in [0.1, 0.15) is 11.1 Å². The topological polar surface area (TPSA) is 63.6 Å². The Morgan fingerprint density at radius 1 is 1.50 bits per heavy atom. The van der Waals surface area contributed by atoms with E-state index in [9.17, 15) is 8.42 Å². The summed E-state index contributed by atoms with van der Waals surface area (Å²) >= 11 is 0. The fraction of sp³-hybridized carbons (Fsp3) is 0.0909. The normalized spacial score (nSPS) is 10.9. The molecular formula is C11H12O4S. The minimum atomic E-state index is -4.34. The van der Waals surface area contributed by atoms with E-state index >= 15 is 0 Å². The molecule has 16 heavy (non-hydrogen) atoms. The molecule has 0 bridgehead atoms. The molecule has 0 heterocycles. The third-order valence-electron chi connectivity index (χ3n) is 2.07. The molecule has 1 N–H and O–H groups in total. The molecule has 1 aromatic carbocycles. The van der Waals surface area contributed by atoms with Gasteiger partial charge in [0.1, 0.15) is 10.7 Å². The van der Waals surface area contributed by atoms with E-state index < -0.39 is 10.1 Å². The summed E-state index contributed by atoms with van der Waals surface area (Å²) in [6.07, 6.45) is 1.34. The number of benzene rings is 1. The largest absolute Gasteiger partial charge is 0.497 e. The van der Waals surface area contributed by atoms with E-state index in [1.807, 2.05) is 0 Å². The Hall–Kier alpha value is -1.59. The summed E-state index contributed by atoms with van der Waals surface area (Å²) in [6.45, 7) is 7.05. The van der Waals surface area contributed by atoms with Gasteiger partial charge in [-0.25, -0.2) is 0 Å². The highest BCUT2D eigenvalue weighted by atomic mass is 32.2. The Kier molecular flexibility index (Phi) is 3.51. The lowest BCUT2D eigenvalue weighted by atomic mass is 10.1. The van der Waals surface area contributed by atoms with Gasteiger partial charge in [0.15, 0.2) is 0 Å². The van der Waals surface area contributed by atoms with Crippen LogP contribution in [0.25, 0.3) is 11.8 Å². The van der Waals surface area contributed by atoms with Crippen molar-refractivity contribution in [2.45, 2.75) is 4.90 Å².